The van der Waals surface area contributed by atoms with E-state index in [4.69, 9.17) is 33.3 Å². The molecule has 14 atom stereocenters. The van der Waals surface area contributed by atoms with Crippen LogP contribution < -0.4 is 0 Å². The van der Waals surface area contributed by atoms with Gasteiger partial charge in [-0.25, -0.2) is 9.59 Å². The van der Waals surface area contributed by atoms with Crippen LogP contribution in [0.1, 0.15) is 95.4 Å². The zero-order chi connectivity index (χ0) is 38.5. The van der Waals surface area contributed by atoms with Crippen molar-refractivity contribution in [1.82, 2.24) is 4.90 Å². The number of cyclic esters (lactones) is 1. The Morgan fingerprint density at radius 1 is 1.02 bits per heavy atom. The van der Waals surface area contributed by atoms with E-state index in [9.17, 15) is 24.6 Å². The number of aliphatic hydroxyl groups excluding tert-OH is 2. The molecule has 0 bridgehead atoms. The number of nitrogens with zero attached hydrogens (tertiary/aromatic N) is 2. The normalized spacial score (nSPS) is 41.1. The van der Waals surface area contributed by atoms with Gasteiger partial charge in [0.25, 0.3) is 0 Å². The van der Waals surface area contributed by atoms with Gasteiger partial charge in [0.05, 0.1) is 37.1 Å². The smallest absolute Gasteiger partial charge is 0.508 e. The molecule has 3 aliphatic heterocycles. The summed E-state index contributed by atoms with van der Waals surface area (Å²) in [6.07, 6.45) is -4.80. The van der Waals surface area contributed by atoms with Crippen LogP contribution in [0.5, 0.6) is 0 Å². The maximum absolute atomic E-state index is 13.8. The van der Waals surface area contributed by atoms with Gasteiger partial charge in [0.15, 0.2) is 18.0 Å². The third kappa shape index (κ3) is 9.36. The molecular formula is C37H62N2O12. The second kappa shape index (κ2) is 17.7. The topological polar surface area (TPSA) is 172 Å². The Hall–Kier alpha value is -2.94. The highest BCUT2D eigenvalue weighted by atomic mass is 16.8. The van der Waals surface area contributed by atoms with Crippen LogP contribution in [-0.4, -0.2) is 108 Å². The van der Waals surface area contributed by atoms with Crippen molar-refractivity contribution in [1.29, 1.82) is 0 Å². The minimum absolute atomic E-state index is 0.0974. The van der Waals surface area contributed by atoms with Gasteiger partial charge >= 0.3 is 18.1 Å². The van der Waals surface area contributed by atoms with Crippen molar-refractivity contribution in [2.24, 2.45) is 40.7 Å². The summed E-state index contributed by atoms with van der Waals surface area (Å²) in [5, 5.41) is 28.1. The van der Waals surface area contributed by atoms with Crippen molar-refractivity contribution in [3.8, 4) is 0 Å². The summed E-state index contributed by atoms with van der Waals surface area (Å²) < 4.78 is 36.3. The van der Waals surface area contributed by atoms with Gasteiger partial charge in [-0.05, 0) is 66.5 Å². The quantitative estimate of drug-likeness (QED) is 0.142. The number of ether oxygens (including phenoxy) is 6. The summed E-state index contributed by atoms with van der Waals surface area (Å²) in [7, 11) is 3.50. The molecule has 0 aromatic heterocycles. The van der Waals surface area contributed by atoms with E-state index in [2.05, 4.69) is 31.0 Å². The Labute approximate surface area is 303 Å². The van der Waals surface area contributed by atoms with Crippen LogP contribution in [0.2, 0.25) is 0 Å². The van der Waals surface area contributed by atoms with E-state index in [0.29, 0.717) is 5.71 Å². The van der Waals surface area contributed by atoms with Crippen molar-refractivity contribution >= 4 is 23.8 Å². The number of rotatable bonds is 8. The Bertz CT molecular complexity index is 1290. The predicted octanol–water partition coefficient (Wildman–Crippen LogP) is 5.36. The number of carbonyl (C=O) groups is 3. The van der Waals surface area contributed by atoms with E-state index in [1.54, 1.807) is 41.5 Å². The number of fused-ring (bicyclic) bond motifs is 1. The van der Waals surface area contributed by atoms with Gasteiger partial charge in [-0.15, -0.1) is 0 Å². The average molecular weight is 727 g/mol. The molecule has 0 aromatic rings. The molecule has 14 heteroatoms. The molecule has 2 N–H and O–H groups in total. The summed E-state index contributed by atoms with van der Waals surface area (Å²) in [4.78, 5) is 46.1. The fraction of sp³-hybridized carbons (Fsp3) is 0.838. The van der Waals surface area contributed by atoms with Crippen LogP contribution in [0, 0.1) is 35.5 Å². The minimum atomic E-state index is -1.45. The van der Waals surface area contributed by atoms with E-state index in [0.717, 1.165) is 13.0 Å². The zero-order valence-corrected chi connectivity index (χ0v) is 32.7. The lowest BCUT2D eigenvalue weighted by molar-refractivity contribution is -0.266. The molecule has 8 unspecified atom stereocenters. The number of allylic oxidation sites excluding steroid dienone is 1. The van der Waals surface area contributed by atoms with Crippen molar-refractivity contribution in [3.63, 3.8) is 0 Å². The molecule has 0 spiro atoms. The van der Waals surface area contributed by atoms with Crippen LogP contribution >= 0.6 is 0 Å². The Kier molecular flexibility index (Phi) is 14.8. The highest BCUT2D eigenvalue weighted by molar-refractivity contribution is 5.90. The van der Waals surface area contributed by atoms with Gasteiger partial charge in [-0.3, -0.25) is 4.79 Å². The summed E-state index contributed by atoms with van der Waals surface area (Å²) >= 11 is 0. The van der Waals surface area contributed by atoms with Crippen LogP contribution in [0.15, 0.2) is 16.7 Å². The molecule has 0 saturated carbocycles. The number of hydrogen-bond acceptors (Lipinski definition) is 14. The first-order valence-electron chi connectivity index (χ1n) is 18.3. The van der Waals surface area contributed by atoms with Gasteiger partial charge in [0, 0.05) is 36.6 Å². The van der Waals surface area contributed by atoms with Crippen LogP contribution in [-0.2, 0) is 42.8 Å². The van der Waals surface area contributed by atoms with Crippen molar-refractivity contribution < 1.29 is 57.9 Å². The second-order valence-corrected chi connectivity index (χ2v) is 15.0. The molecule has 51 heavy (non-hydrogen) atoms. The lowest BCUT2D eigenvalue weighted by Crippen LogP contribution is -2.55. The van der Waals surface area contributed by atoms with Crippen LogP contribution in [0.4, 0.5) is 4.79 Å². The van der Waals surface area contributed by atoms with E-state index in [1.165, 1.54) is 14.0 Å². The molecule has 3 rings (SSSR count). The van der Waals surface area contributed by atoms with Crippen LogP contribution in [0.25, 0.3) is 0 Å². The zero-order valence-electron chi connectivity index (χ0n) is 32.7. The molecule has 3 fully saturated rings. The summed E-state index contributed by atoms with van der Waals surface area (Å²) in [5.41, 5.74) is -1.11. The van der Waals surface area contributed by atoms with Gasteiger partial charge in [-0.2, -0.15) is 0 Å². The largest absolute Gasteiger partial charge is 0.509 e. The second-order valence-electron chi connectivity index (χ2n) is 15.0. The molecule has 3 heterocycles. The SMILES string of the molecule is CCC1OC(=O)C(C)C(O)C(C)[C@@H](OC2OC(C)CC(N(C)CC)[C@H]2C)C(C(O)=C(C)OC)C[C@@H](C)/C(=N\OC(C)=O)[C@H](C)[C@H]2OC(=O)O[C@]12C. The highest BCUT2D eigenvalue weighted by Crippen LogP contribution is 2.43. The first-order chi connectivity index (χ1) is 23.8. The van der Waals surface area contributed by atoms with Gasteiger partial charge in [0.2, 0.25) is 0 Å². The van der Waals surface area contributed by atoms with Crippen LogP contribution in [0.3, 0.4) is 0 Å². The van der Waals surface area contributed by atoms with E-state index < -0.39 is 84.0 Å². The maximum atomic E-state index is 13.8. The van der Waals surface area contributed by atoms with Gasteiger partial charge in [-0.1, -0.05) is 46.7 Å². The first-order valence-corrected chi connectivity index (χ1v) is 18.3. The Morgan fingerprint density at radius 3 is 2.24 bits per heavy atom. The highest BCUT2D eigenvalue weighted by Gasteiger charge is 2.58. The van der Waals surface area contributed by atoms with E-state index in [-0.39, 0.29) is 42.4 Å². The molecule has 0 radical (unpaired) electrons. The number of oxime groups is 1. The number of esters is 1. The monoisotopic (exact) mass is 726 g/mol. The molecule has 3 saturated heterocycles. The number of carbonyl (C=O) groups excluding carboxylic acids is 3. The summed E-state index contributed by atoms with van der Waals surface area (Å²) in [5.74, 6) is -5.27. The third-order valence-corrected chi connectivity index (χ3v) is 11.4. The van der Waals surface area contributed by atoms with E-state index in [1.807, 2.05) is 13.8 Å². The standard InChI is InChI=1S/C37H62N2O12/c1-14-28-37(11)33(49-36(44)50-37)21(6)29(38-51-25(10)40)18(3)16-26(31(42)24(9)45-13)32(22(7)30(41)23(8)34(43)47-28)48-35-20(5)27(39(12)15-2)17-19(4)46-35/h18-23,26-28,30,32-33,35,41-42H,14-17H2,1-13H3/b31-24?,38-29+/t18-,19?,20-,21+,22?,23?,26?,27?,28?,30?,32-,33-,35?,37-/m1/s1. The minimum Gasteiger partial charge on any atom is -0.508 e. The fourth-order valence-electron chi connectivity index (χ4n) is 7.99. The number of hydrogen-bond donors (Lipinski definition) is 2. The third-order valence-electron chi connectivity index (χ3n) is 11.4. The lowest BCUT2D eigenvalue weighted by Gasteiger charge is -2.46. The molecule has 0 aliphatic carbocycles. The van der Waals surface area contributed by atoms with Gasteiger partial charge in [0.1, 0.15) is 17.6 Å². The number of aliphatic hydroxyl groups is 2. The lowest BCUT2D eigenvalue weighted by atomic mass is 9.74. The van der Waals surface area contributed by atoms with Gasteiger partial charge < -0.3 is 48.4 Å². The number of methoxy groups -OCH3 is 1. The molecular weight excluding hydrogens is 664 g/mol. The molecule has 0 amide bonds. The van der Waals surface area contributed by atoms with E-state index >= 15 is 0 Å². The average Bonchev–Trinajstić information content (AvgIpc) is 3.41. The summed E-state index contributed by atoms with van der Waals surface area (Å²) in [6.45, 7) is 20.2. The molecule has 14 nitrogen and oxygen atoms in total. The first kappa shape index (κ1) is 42.5. The van der Waals surface area contributed by atoms with Crippen molar-refractivity contribution in [3.05, 3.63) is 11.5 Å². The fourth-order valence-corrected chi connectivity index (χ4v) is 7.99. The predicted molar refractivity (Wildman–Crippen MR) is 187 cm³/mol. The summed E-state index contributed by atoms with van der Waals surface area (Å²) in [6, 6.07) is 0.138. The van der Waals surface area contributed by atoms with Crippen molar-refractivity contribution in [2.75, 3.05) is 20.7 Å². The maximum Gasteiger partial charge on any atom is 0.509 e. The Balaban J connectivity index is 2.27. The Morgan fingerprint density at radius 2 is 1.67 bits per heavy atom. The van der Waals surface area contributed by atoms with Crippen molar-refractivity contribution in [2.45, 2.75) is 144 Å². The molecule has 0 aromatic carbocycles. The molecule has 3 aliphatic rings. The molecule has 292 valence electrons.